The highest BCUT2D eigenvalue weighted by atomic mass is 19.4. The molecule has 0 aliphatic carbocycles. The van der Waals surface area contributed by atoms with Gasteiger partial charge in [0.15, 0.2) is 0 Å². The molecule has 2 rings (SSSR count). The topological polar surface area (TPSA) is 59.2 Å². The van der Waals surface area contributed by atoms with Crippen molar-refractivity contribution in [2.75, 3.05) is 13.1 Å². The van der Waals surface area contributed by atoms with Gasteiger partial charge in [0, 0.05) is 24.4 Å². The first-order valence-corrected chi connectivity index (χ1v) is 6.79. The van der Waals surface area contributed by atoms with Crippen LogP contribution in [0.4, 0.5) is 13.2 Å². The molecule has 0 bridgehead atoms. The number of carbonyl (C=O) groups excluding carboxylic acids is 1. The quantitative estimate of drug-likeness (QED) is 0.800. The molecule has 1 amide bonds. The minimum absolute atomic E-state index is 0.00480. The van der Waals surface area contributed by atoms with E-state index in [1.807, 2.05) is 20.8 Å². The van der Waals surface area contributed by atoms with Crippen molar-refractivity contribution < 1.29 is 22.4 Å². The van der Waals surface area contributed by atoms with Crippen LogP contribution >= 0.6 is 0 Å². The SMILES string of the molecule is CC(C)(C)C(=O)N1CCC(c2nnc(C(F)(F)F)o2)CC1. The third-order valence-corrected chi connectivity index (χ3v) is 3.46. The molecule has 0 saturated carbocycles. The summed E-state index contributed by atoms with van der Waals surface area (Å²) in [6.07, 6.45) is -3.56. The van der Waals surface area contributed by atoms with Crippen LogP contribution in [0.5, 0.6) is 0 Å². The van der Waals surface area contributed by atoms with Gasteiger partial charge in [0.2, 0.25) is 11.8 Å². The first-order valence-electron chi connectivity index (χ1n) is 6.79. The molecule has 8 heteroatoms. The number of hydrogen-bond donors (Lipinski definition) is 0. The Bertz CT molecular complexity index is 511. The summed E-state index contributed by atoms with van der Waals surface area (Å²) in [7, 11) is 0. The molecule has 1 aromatic rings. The molecule has 1 fully saturated rings. The number of likely N-dealkylation sites (tertiary alicyclic amines) is 1. The average Bonchev–Trinajstić information content (AvgIpc) is 2.86. The van der Waals surface area contributed by atoms with E-state index in [4.69, 9.17) is 4.42 Å². The highest BCUT2D eigenvalue weighted by Crippen LogP contribution is 2.33. The van der Waals surface area contributed by atoms with Crippen molar-refractivity contribution in [3.05, 3.63) is 11.8 Å². The predicted molar refractivity (Wildman–Crippen MR) is 67.3 cm³/mol. The van der Waals surface area contributed by atoms with Crippen LogP contribution < -0.4 is 0 Å². The van der Waals surface area contributed by atoms with Crippen molar-refractivity contribution in [2.24, 2.45) is 5.41 Å². The Morgan fingerprint density at radius 2 is 1.76 bits per heavy atom. The summed E-state index contributed by atoms with van der Waals surface area (Å²) >= 11 is 0. The Labute approximate surface area is 120 Å². The molecule has 5 nitrogen and oxygen atoms in total. The van der Waals surface area contributed by atoms with E-state index < -0.39 is 17.5 Å². The second kappa shape index (κ2) is 5.31. The Balaban J connectivity index is 1.98. The maximum Gasteiger partial charge on any atom is 0.470 e. The molecule has 1 saturated heterocycles. The highest BCUT2D eigenvalue weighted by Gasteiger charge is 2.39. The number of rotatable bonds is 1. The number of nitrogens with zero attached hydrogens (tertiary/aromatic N) is 3. The van der Waals surface area contributed by atoms with Gasteiger partial charge in [-0.25, -0.2) is 0 Å². The summed E-state index contributed by atoms with van der Waals surface area (Å²) in [5, 5.41) is 6.52. The smallest absolute Gasteiger partial charge is 0.417 e. The zero-order valence-electron chi connectivity index (χ0n) is 12.2. The van der Waals surface area contributed by atoms with Crippen LogP contribution in [0.1, 0.15) is 51.3 Å². The van der Waals surface area contributed by atoms with E-state index in [0.29, 0.717) is 25.9 Å². The third kappa shape index (κ3) is 3.54. The first kappa shape index (κ1) is 15.8. The van der Waals surface area contributed by atoms with E-state index in [0.717, 1.165) is 0 Å². The molecule has 21 heavy (non-hydrogen) atoms. The number of alkyl halides is 3. The summed E-state index contributed by atoms with van der Waals surface area (Å²) in [5.74, 6) is -1.49. The van der Waals surface area contributed by atoms with E-state index in [2.05, 4.69) is 10.2 Å². The molecule has 0 N–H and O–H groups in total. The fourth-order valence-electron chi connectivity index (χ4n) is 2.32. The molecule has 0 unspecified atom stereocenters. The van der Waals surface area contributed by atoms with Crippen LogP contribution in [-0.4, -0.2) is 34.1 Å². The molecule has 1 aliphatic rings. The third-order valence-electron chi connectivity index (χ3n) is 3.46. The monoisotopic (exact) mass is 305 g/mol. The summed E-state index contributed by atoms with van der Waals surface area (Å²) < 4.78 is 42.0. The van der Waals surface area contributed by atoms with E-state index in [-0.39, 0.29) is 17.7 Å². The second-order valence-corrected chi connectivity index (χ2v) is 6.26. The molecule has 2 heterocycles. The van der Waals surface area contributed by atoms with Gasteiger partial charge in [0.25, 0.3) is 0 Å². The molecule has 1 aromatic heterocycles. The normalized spacial score (nSPS) is 18.1. The molecular formula is C13H18F3N3O2. The van der Waals surface area contributed by atoms with Gasteiger partial charge in [-0.1, -0.05) is 20.8 Å². The first-order chi connectivity index (χ1) is 9.59. The van der Waals surface area contributed by atoms with Gasteiger partial charge in [-0.3, -0.25) is 4.79 Å². The van der Waals surface area contributed by atoms with Crippen molar-refractivity contribution in [3.63, 3.8) is 0 Å². The maximum atomic E-state index is 12.4. The lowest BCUT2D eigenvalue weighted by Gasteiger charge is -2.34. The number of carbonyl (C=O) groups is 1. The van der Waals surface area contributed by atoms with Crippen LogP contribution in [0.3, 0.4) is 0 Å². The maximum absolute atomic E-state index is 12.4. The van der Waals surface area contributed by atoms with Crippen molar-refractivity contribution in [1.29, 1.82) is 0 Å². The fraction of sp³-hybridized carbons (Fsp3) is 0.769. The lowest BCUT2D eigenvalue weighted by Crippen LogP contribution is -2.43. The van der Waals surface area contributed by atoms with Gasteiger partial charge in [0.05, 0.1) is 0 Å². The standard InChI is InChI=1S/C13H18F3N3O2/c1-12(2,3)11(20)19-6-4-8(5-7-19)9-17-18-10(21-9)13(14,15)16/h8H,4-7H2,1-3H3. The van der Waals surface area contributed by atoms with E-state index >= 15 is 0 Å². The molecule has 1 aliphatic heterocycles. The minimum atomic E-state index is -4.62. The largest absolute Gasteiger partial charge is 0.470 e. The Hall–Kier alpha value is -1.60. The number of amides is 1. The number of halogens is 3. The van der Waals surface area contributed by atoms with Crippen LogP contribution in [-0.2, 0) is 11.0 Å². The van der Waals surface area contributed by atoms with E-state index in [9.17, 15) is 18.0 Å². The predicted octanol–water partition coefficient (Wildman–Crippen LogP) is 2.84. The number of aromatic nitrogens is 2. The molecule has 0 spiro atoms. The summed E-state index contributed by atoms with van der Waals surface area (Å²) in [5.41, 5.74) is -0.458. The number of piperidine rings is 1. The molecule has 0 atom stereocenters. The molecule has 0 radical (unpaired) electrons. The van der Waals surface area contributed by atoms with Crippen LogP contribution in [0.2, 0.25) is 0 Å². The van der Waals surface area contributed by atoms with Gasteiger partial charge < -0.3 is 9.32 Å². The van der Waals surface area contributed by atoms with Crippen molar-refractivity contribution in [2.45, 2.75) is 45.7 Å². The summed E-state index contributed by atoms with van der Waals surface area (Å²) in [4.78, 5) is 13.9. The zero-order chi connectivity index (χ0) is 15.8. The van der Waals surface area contributed by atoms with E-state index in [1.165, 1.54) is 0 Å². The minimum Gasteiger partial charge on any atom is -0.417 e. The van der Waals surface area contributed by atoms with Crippen LogP contribution in [0.15, 0.2) is 4.42 Å². The highest BCUT2D eigenvalue weighted by molar-refractivity contribution is 5.81. The summed E-state index contributed by atoms with van der Waals surface area (Å²) in [6, 6.07) is 0. The van der Waals surface area contributed by atoms with Gasteiger partial charge in [-0.2, -0.15) is 13.2 Å². The Morgan fingerprint density at radius 3 is 2.19 bits per heavy atom. The Morgan fingerprint density at radius 1 is 1.19 bits per heavy atom. The molecule has 118 valence electrons. The lowest BCUT2D eigenvalue weighted by atomic mass is 9.91. The van der Waals surface area contributed by atoms with Crippen molar-refractivity contribution in [1.82, 2.24) is 15.1 Å². The zero-order valence-corrected chi connectivity index (χ0v) is 12.2. The van der Waals surface area contributed by atoms with Crippen LogP contribution in [0, 0.1) is 5.41 Å². The Kier molecular flexibility index (Phi) is 3.99. The average molecular weight is 305 g/mol. The number of hydrogen-bond acceptors (Lipinski definition) is 4. The summed E-state index contributed by atoms with van der Waals surface area (Å²) in [6.45, 7) is 6.51. The van der Waals surface area contributed by atoms with Gasteiger partial charge in [-0.15, -0.1) is 10.2 Å². The van der Waals surface area contributed by atoms with Crippen molar-refractivity contribution in [3.8, 4) is 0 Å². The van der Waals surface area contributed by atoms with E-state index in [1.54, 1.807) is 4.90 Å². The fourth-order valence-corrected chi connectivity index (χ4v) is 2.32. The van der Waals surface area contributed by atoms with Gasteiger partial charge >= 0.3 is 12.1 Å². The second-order valence-electron chi connectivity index (χ2n) is 6.26. The molecular weight excluding hydrogens is 287 g/mol. The van der Waals surface area contributed by atoms with Crippen molar-refractivity contribution >= 4 is 5.91 Å². The van der Waals surface area contributed by atoms with Crippen LogP contribution in [0.25, 0.3) is 0 Å². The lowest BCUT2D eigenvalue weighted by molar-refractivity contribution is -0.157. The van der Waals surface area contributed by atoms with Gasteiger partial charge in [-0.05, 0) is 12.8 Å². The molecule has 0 aromatic carbocycles. The van der Waals surface area contributed by atoms with Gasteiger partial charge in [0.1, 0.15) is 0 Å².